The molecule has 0 saturated carbocycles. The molecule has 0 aromatic rings. The molecule has 0 aromatic heterocycles. The zero-order chi connectivity index (χ0) is 7.84. The molecule has 62 valence electrons. The molecule has 1 nitrogen and oxygen atoms in total. The summed E-state index contributed by atoms with van der Waals surface area (Å²) in [5, 5.41) is 2.28. The minimum atomic E-state index is 0.823. The van der Waals surface area contributed by atoms with E-state index in [9.17, 15) is 0 Å². The zero-order valence-corrected chi connectivity index (χ0v) is 8.03. The van der Waals surface area contributed by atoms with Crippen molar-refractivity contribution in [2.45, 2.75) is 31.9 Å². The molecule has 0 N–H and O–H groups in total. The van der Waals surface area contributed by atoms with Crippen molar-refractivity contribution in [2.75, 3.05) is 6.54 Å². The van der Waals surface area contributed by atoms with Crippen molar-refractivity contribution in [3.63, 3.8) is 0 Å². The average Bonchev–Trinajstić information content (AvgIpc) is 2.27. The Bertz CT molecular complexity index is 188. The van der Waals surface area contributed by atoms with E-state index in [0.29, 0.717) is 0 Å². The molecule has 0 spiro atoms. The van der Waals surface area contributed by atoms with Crippen molar-refractivity contribution in [1.82, 2.24) is 0 Å². The lowest BCUT2D eigenvalue weighted by atomic mass is 9.91. The minimum Gasteiger partial charge on any atom is -0.282 e. The van der Waals surface area contributed by atoms with E-state index >= 15 is 0 Å². The van der Waals surface area contributed by atoms with Crippen LogP contribution in [0, 0.1) is 11.8 Å². The molecule has 3 unspecified atom stereocenters. The lowest BCUT2D eigenvalue weighted by Crippen LogP contribution is -2.18. The highest BCUT2D eigenvalue weighted by Crippen LogP contribution is 2.39. The van der Waals surface area contributed by atoms with Gasteiger partial charge in [-0.15, -0.1) is 11.8 Å². The molecule has 0 radical (unpaired) electrons. The Morgan fingerprint density at radius 2 is 2.18 bits per heavy atom. The summed E-state index contributed by atoms with van der Waals surface area (Å²) in [5.41, 5.74) is 0. The summed E-state index contributed by atoms with van der Waals surface area (Å²) < 4.78 is 0. The number of thioether (sulfide) groups is 1. The Morgan fingerprint density at radius 3 is 3.00 bits per heavy atom. The first kappa shape index (κ1) is 7.66. The Hall–Kier alpha value is 0.0200. The van der Waals surface area contributed by atoms with Gasteiger partial charge in [0.25, 0.3) is 0 Å². The second-order valence-electron chi connectivity index (χ2n) is 3.88. The number of nitrogens with zero attached hydrogens (tertiary/aromatic N) is 1. The van der Waals surface area contributed by atoms with Gasteiger partial charge in [-0.2, -0.15) is 0 Å². The van der Waals surface area contributed by atoms with E-state index in [1.165, 1.54) is 17.9 Å². The van der Waals surface area contributed by atoms with Crippen LogP contribution in [0.25, 0.3) is 0 Å². The number of fused-ring (bicyclic) bond motifs is 1. The summed E-state index contributed by atoms with van der Waals surface area (Å²) >= 11 is 2.00. The van der Waals surface area contributed by atoms with Crippen LogP contribution in [0.4, 0.5) is 0 Å². The van der Waals surface area contributed by atoms with Gasteiger partial charge in [-0.1, -0.05) is 13.8 Å². The summed E-state index contributed by atoms with van der Waals surface area (Å²) in [6, 6.07) is 0. The first-order chi connectivity index (χ1) is 5.25. The molecule has 1 saturated heterocycles. The van der Waals surface area contributed by atoms with Gasteiger partial charge >= 0.3 is 0 Å². The van der Waals surface area contributed by atoms with Crippen molar-refractivity contribution in [2.24, 2.45) is 16.8 Å². The van der Waals surface area contributed by atoms with Crippen molar-refractivity contribution in [1.29, 1.82) is 0 Å². The number of rotatable bonds is 0. The third-order valence-electron chi connectivity index (χ3n) is 2.53. The second-order valence-corrected chi connectivity index (χ2v) is 5.34. The third-order valence-corrected chi connectivity index (χ3v) is 3.83. The second kappa shape index (κ2) is 2.81. The molecule has 3 atom stereocenters. The van der Waals surface area contributed by atoms with Gasteiger partial charge in [0.2, 0.25) is 0 Å². The molecule has 11 heavy (non-hydrogen) atoms. The van der Waals surface area contributed by atoms with Crippen LogP contribution in [0.1, 0.15) is 26.7 Å². The van der Waals surface area contributed by atoms with E-state index in [-0.39, 0.29) is 0 Å². The van der Waals surface area contributed by atoms with Crippen LogP contribution in [-0.4, -0.2) is 16.8 Å². The lowest BCUT2D eigenvalue weighted by molar-refractivity contribution is 0.441. The molecular formula is C9H15NS. The predicted molar refractivity (Wildman–Crippen MR) is 51.2 cm³/mol. The van der Waals surface area contributed by atoms with Crippen molar-refractivity contribution in [3.05, 3.63) is 0 Å². The average molecular weight is 169 g/mol. The van der Waals surface area contributed by atoms with E-state index in [2.05, 4.69) is 18.8 Å². The molecule has 2 heteroatoms. The quantitative estimate of drug-likeness (QED) is 0.543. The standard InChI is InChI=1S/C9H15NS/c1-6-3-8-4-7(2)11-9(8)10-5-6/h6-8H,3-5H2,1-2H3. The van der Waals surface area contributed by atoms with Crippen LogP contribution in [0.2, 0.25) is 0 Å². The monoisotopic (exact) mass is 169 g/mol. The first-order valence-corrected chi connectivity index (χ1v) is 5.34. The SMILES string of the molecule is CC1CN=C2SC(C)CC2C1. The molecule has 0 amide bonds. The van der Waals surface area contributed by atoms with Gasteiger partial charge in [0.1, 0.15) is 0 Å². The van der Waals surface area contributed by atoms with Gasteiger partial charge in [-0.3, -0.25) is 4.99 Å². The van der Waals surface area contributed by atoms with Crippen LogP contribution in [-0.2, 0) is 0 Å². The van der Waals surface area contributed by atoms with Crippen LogP contribution in [0.3, 0.4) is 0 Å². The van der Waals surface area contributed by atoms with Gasteiger partial charge in [-0.25, -0.2) is 0 Å². The molecular weight excluding hydrogens is 154 g/mol. The maximum absolute atomic E-state index is 4.60. The number of hydrogen-bond donors (Lipinski definition) is 0. The highest BCUT2D eigenvalue weighted by atomic mass is 32.2. The Kier molecular flexibility index (Phi) is 1.96. The van der Waals surface area contributed by atoms with Crippen molar-refractivity contribution in [3.8, 4) is 0 Å². The lowest BCUT2D eigenvalue weighted by Gasteiger charge is -2.20. The van der Waals surface area contributed by atoms with Gasteiger partial charge in [0, 0.05) is 17.7 Å². The topological polar surface area (TPSA) is 12.4 Å². The molecule has 2 aliphatic heterocycles. The zero-order valence-electron chi connectivity index (χ0n) is 7.21. The fraction of sp³-hybridized carbons (Fsp3) is 0.889. The Labute approximate surface area is 72.7 Å². The molecule has 2 heterocycles. The molecule has 0 bridgehead atoms. The van der Waals surface area contributed by atoms with E-state index in [4.69, 9.17) is 0 Å². The fourth-order valence-corrected chi connectivity index (χ4v) is 3.30. The van der Waals surface area contributed by atoms with Crippen LogP contribution >= 0.6 is 11.8 Å². The van der Waals surface area contributed by atoms with Gasteiger partial charge in [0.15, 0.2) is 0 Å². The number of hydrogen-bond acceptors (Lipinski definition) is 2. The fourth-order valence-electron chi connectivity index (χ4n) is 2.02. The summed E-state index contributed by atoms with van der Waals surface area (Å²) in [6.45, 7) is 5.70. The van der Waals surface area contributed by atoms with Crippen LogP contribution < -0.4 is 0 Å². The first-order valence-electron chi connectivity index (χ1n) is 4.46. The van der Waals surface area contributed by atoms with E-state index in [0.717, 1.165) is 23.6 Å². The molecule has 0 aromatic carbocycles. The summed E-state index contributed by atoms with van der Waals surface area (Å²) in [7, 11) is 0. The summed E-state index contributed by atoms with van der Waals surface area (Å²) in [4.78, 5) is 4.60. The molecule has 0 aliphatic carbocycles. The van der Waals surface area contributed by atoms with Gasteiger partial charge < -0.3 is 0 Å². The van der Waals surface area contributed by atoms with Gasteiger partial charge in [-0.05, 0) is 18.8 Å². The Morgan fingerprint density at radius 1 is 1.36 bits per heavy atom. The smallest absolute Gasteiger partial charge is 0.0710 e. The summed E-state index contributed by atoms with van der Waals surface area (Å²) in [6.07, 6.45) is 2.75. The molecule has 2 aliphatic rings. The normalized spacial score (nSPS) is 43.5. The van der Waals surface area contributed by atoms with Crippen molar-refractivity contribution >= 4 is 16.8 Å². The van der Waals surface area contributed by atoms with Crippen LogP contribution in [0.15, 0.2) is 4.99 Å². The number of aliphatic imine (C=N–C) groups is 1. The van der Waals surface area contributed by atoms with Crippen LogP contribution in [0.5, 0.6) is 0 Å². The third kappa shape index (κ3) is 1.46. The van der Waals surface area contributed by atoms with E-state index in [1.807, 2.05) is 11.8 Å². The molecule has 2 rings (SSSR count). The highest BCUT2D eigenvalue weighted by Gasteiger charge is 2.32. The van der Waals surface area contributed by atoms with Crippen molar-refractivity contribution < 1.29 is 0 Å². The van der Waals surface area contributed by atoms with Gasteiger partial charge in [0.05, 0.1) is 5.04 Å². The molecule has 1 fully saturated rings. The largest absolute Gasteiger partial charge is 0.282 e. The summed E-state index contributed by atoms with van der Waals surface area (Å²) in [5.74, 6) is 1.66. The van der Waals surface area contributed by atoms with E-state index in [1.54, 1.807) is 0 Å². The highest BCUT2D eigenvalue weighted by molar-refractivity contribution is 8.14. The van der Waals surface area contributed by atoms with E-state index < -0.39 is 0 Å². The predicted octanol–water partition coefficient (Wildman–Crippen LogP) is 2.57. The maximum atomic E-state index is 4.60. The minimum absolute atomic E-state index is 0.823. The Balaban J connectivity index is 2.11. The maximum Gasteiger partial charge on any atom is 0.0710 e.